The topological polar surface area (TPSA) is 58.1 Å². The van der Waals surface area contributed by atoms with Gasteiger partial charge in [0.15, 0.2) is 0 Å². The molecule has 5 nitrogen and oxygen atoms in total. The monoisotopic (exact) mass is 360 g/mol. The molecule has 0 radical (unpaired) electrons. The molecule has 1 amide bonds. The van der Waals surface area contributed by atoms with E-state index in [1.165, 1.54) is 5.56 Å². The number of hydrogen-bond acceptors (Lipinski definition) is 4. The molecule has 1 N–H and O–H groups in total. The summed E-state index contributed by atoms with van der Waals surface area (Å²) in [4.78, 5) is 24.2. The van der Waals surface area contributed by atoms with E-state index in [2.05, 4.69) is 28.2 Å². The van der Waals surface area contributed by atoms with E-state index in [0.29, 0.717) is 6.54 Å². The van der Waals surface area contributed by atoms with Crippen molar-refractivity contribution in [1.29, 1.82) is 0 Å². The molecule has 0 spiro atoms. The molecule has 5 heteroatoms. The molecule has 1 fully saturated rings. The Morgan fingerprint density at radius 1 is 1.15 bits per heavy atom. The average molecular weight is 360 g/mol. The summed E-state index contributed by atoms with van der Waals surface area (Å²) in [7, 11) is 0. The average Bonchev–Trinajstić information content (AvgIpc) is 2.70. The number of aryl methyl sites for hydroxylation is 2. The van der Waals surface area contributed by atoms with Gasteiger partial charge in [0.2, 0.25) is 5.91 Å². The molecular formula is C22H24N4O. The lowest BCUT2D eigenvalue weighted by atomic mass is 9.97. The van der Waals surface area contributed by atoms with Crippen LogP contribution in [0, 0.1) is 19.8 Å². The molecule has 1 aromatic heterocycles. The molecule has 27 heavy (non-hydrogen) atoms. The van der Waals surface area contributed by atoms with Crippen LogP contribution in [0.15, 0.2) is 48.7 Å². The lowest BCUT2D eigenvalue weighted by molar-refractivity contribution is -0.120. The second-order valence-electron chi connectivity index (χ2n) is 7.31. The summed E-state index contributed by atoms with van der Waals surface area (Å²) in [5.41, 5.74) is 4.97. The summed E-state index contributed by atoms with van der Waals surface area (Å²) in [6.45, 7) is 5.66. The van der Waals surface area contributed by atoms with Gasteiger partial charge in [-0.2, -0.15) is 0 Å². The van der Waals surface area contributed by atoms with Gasteiger partial charge >= 0.3 is 0 Å². The SMILES string of the molecule is Cc1ccc(NC(=O)[C@H]2CCCN(c3cnc4ccccc4n3)C2)c(C)c1. The molecule has 138 valence electrons. The minimum Gasteiger partial charge on any atom is -0.355 e. The van der Waals surface area contributed by atoms with Crippen LogP contribution in [0.4, 0.5) is 11.5 Å². The van der Waals surface area contributed by atoms with Crippen LogP contribution in [0.25, 0.3) is 11.0 Å². The Labute approximate surface area is 159 Å². The summed E-state index contributed by atoms with van der Waals surface area (Å²) >= 11 is 0. The van der Waals surface area contributed by atoms with Crippen molar-refractivity contribution in [1.82, 2.24) is 9.97 Å². The second kappa shape index (κ2) is 7.35. The van der Waals surface area contributed by atoms with E-state index in [1.54, 1.807) is 0 Å². The molecule has 1 aliphatic rings. The van der Waals surface area contributed by atoms with Gasteiger partial charge in [0, 0.05) is 18.8 Å². The number of benzene rings is 2. The Kier molecular flexibility index (Phi) is 4.75. The highest BCUT2D eigenvalue weighted by molar-refractivity contribution is 5.93. The van der Waals surface area contributed by atoms with Gasteiger partial charge < -0.3 is 10.2 Å². The zero-order valence-electron chi connectivity index (χ0n) is 15.8. The van der Waals surface area contributed by atoms with E-state index >= 15 is 0 Å². The molecular weight excluding hydrogens is 336 g/mol. The summed E-state index contributed by atoms with van der Waals surface area (Å²) < 4.78 is 0. The Hall–Kier alpha value is -2.95. The van der Waals surface area contributed by atoms with E-state index in [0.717, 1.165) is 47.5 Å². The number of aromatic nitrogens is 2. The molecule has 0 aliphatic carbocycles. The first-order chi connectivity index (χ1) is 13.1. The van der Waals surface area contributed by atoms with Gasteiger partial charge in [0.25, 0.3) is 0 Å². The minimum absolute atomic E-state index is 0.0484. The number of anilines is 2. The van der Waals surface area contributed by atoms with Gasteiger partial charge in [-0.1, -0.05) is 29.8 Å². The summed E-state index contributed by atoms with van der Waals surface area (Å²) in [6.07, 6.45) is 3.68. The number of fused-ring (bicyclic) bond motifs is 1. The van der Waals surface area contributed by atoms with Crippen molar-refractivity contribution < 1.29 is 4.79 Å². The molecule has 2 aromatic carbocycles. The van der Waals surface area contributed by atoms with Crippen molar-refractivity contribution in [3.8, 4) is 0 Å². The van der Waals surface area contributed by atoms with Gasteiger partial charge in [-0.25, -0.2) is 4.98 Å². The number of carbonyl (C=O) groups excluding carboxylic acids is 1. The number of carbonyl (C=O) groups is 1. The molecule has 2 heterocycles. The fraction of sp³-hybridized carbons (Fsp3) is 0.318. The van der Waals surface area contributed by atoms with Gasteiger partial charge in [-0.05, 0) is 50.5 Å². The van der Waals surface area contributed by atoms with Crippen LogP contribution < -0.4 is 10.2 Å². The van der Waals surface area contributed by atoms with Crippen LogP contribution in [0.1, 0.15) is 24.0 Å². The maximum absolute atomic E-state index is 12.8. The fourth-order valence-electron chi connectivity index (χ4n) is 3.69. The number of para-hydroxylation sites is 2. The van der Waals surface area contributed by atoms with E-state index in [9.17, 15) is 4.79 Å². The Balaban J connectivity index is 1.49. The molecule has 0 unspecified atom stereocenters. The predicted molar refractivity (Wildman–Crippen MR) is 109 cm³/mol. The molecule has 1 aliphatic heterocycles. The number of nitrogens with one attached hydrogen (secondary N) is 1. The number of amides is 1. The maximum Gasteiger partial charge on any atom is 0.229 e. The quantitative estimate of drug-likeness (QED) is 0.764. The van der Waals surface area contributed by atoms with Crippen molar-refractivity contribution in [2.75, 3.05) is 23.3 Å². The largest absolute Gasteiger partial charge is 0.355 e. The van der Waals surface area contributed by atoms with Crippen LogP contribution in [0.5, 0.6) is 0 Å². The smallest absolute Gasteiger partial charge is 0.229 e. The third-order valence-corrected chi connectivity index (χ3v) is 5.19. The first-order valence-corrected chi connectivity index (χ1v) is 9.45. The zero-order chi connectivity index (χ0) is 18.8. The Morgan fingerprint density at radius 2 is 1.96 bits per heavy atom. The normalized spacial score (nSPS) is 17.1. The van der Waals surface area contributed by atoms with Gasteiger partial charge in [0.1, 0.15) is 5.82 Å². The summed E-state index contributed by atoms with van der Waals surface area (Å²) in [5, 5.41) is 3.11. The molecule has 3 aromatic rings. The van der Waals surface area contributed by atoms with Gasteiger partial charge in [0.05, 0.1) is 23.1 Å². The summed E-state index contributed by atoms with van der Waals surface area (Å²) in [6, 6.07) is 14.0. The third kappa shape index (κ3) is 3.77. The van der Waals surface area contributed by atoms with E-state index in [-0.39, 0.29) is 11.8 Å². The highest BCUT2D eigenvalue weighted by atomic mass is 16.1. The van der Waals surface area contributed by atoms with Gasteiger partial charge in [-0.15, -0.1) is 0 Å². The molecule has 1 saturated heterocycles. The zero-order valence-corrected chi connectivity index (χ0v) is 15.8. The lowest BCUT2D eigenvalue weighted by Gasteiger charge is -2.32. The third-order valence-electron chi connectivity index (χ3n) is 5.19. The van der Waals surface area contributed by atoms with Crippen molar-refractivity contribution in [2.45, 2.75) is 26.7 Å². The molecule has 0 bridgehead atoms. The predicted octanol–water partition coefficient (Wildman–Crippen LogP) is 4.10. The fourth-order valence-corrected chi connectivity index (χ4v) is 3.69. The van der Waals surface area contributed by atoms with E-state index < -0.39 is 0 Å². The Morgan fingerprint density at radius 3 is 2.78 bits per heavy atom. The van der Waals surface area contributed by atoms with Crippen molar-refractivity contribution in [2.24, 2.45) is 5.92 Å². The lowest BCUT2D eigenvalue weighted by Crippen LogP contribution is -2.41. The van der Waals surface area contributed by atoms with Crippen molar-refractivity contribution in [3.63, 3.8) is 0 Å². The minimum atomic E-state index is -0.0484. The van der Waals surface area contributed by atoms with Crippen LogP contribution >= 0.6 is 0 Å². The highest BCUT2D eigenvalue weighted by Gasteiger charge is 2.27. The van der Waals surface area contributed by atoms with Crippen molar-refractivity contribution in [3.05, 3.63) is 59.8 Å². The van der Waals surface area contributed by atoms with E-state index in [4.69, 9.17) is 4.98 Å². The van der Waals surface area contributed by atoms with Crippen LogP contribution in [0.2, 0.25) is 0 Å². The highest BCUT2D eigenvalue weighted by Crippen LogP contribution is 2.25. The first kappa shape index (κ1) is 17.5. The molecule has 1 atom stereocenters. The van der Waals surface area contributed by atoms with Crippen LogP contribution in [-0.4, -0.2) is 29.0 Å². The summed E-state index contributed by atoms with van der Waals surface area (Å²) in [5.74, 6) is 0.880. The standard InChI is InChI=1S/C22H24N4O/c1-15-9-10-18(16(2)12-15)25-22(27)17-6-5-11-26(14-17)21-13-23-19-7-3-4-8-20(19)24-21/h3-4,7-10,12-13,17H,5-6,11,14H2,1-2H3,(H,25,27)/t17-/m0/s1. The van der Waals surface area contributed by atoms with Crippen LogP contribution in [0.3, 0.4) is 0 Å². The molecule has 4 rings (SSSR count). The Bertz CT molecular complexity index is 985. The number of piperidine rings is 1. The number of nitrogens with zero attached hydrogens (tertiary/aromatic N) is 3. The van der Waals surface area contributed by atoms with Gasteiger partial charge in [-0.3, -0.25) is 9.78 Å². The number of hydrogen-bond donors (Lipinski definition) is 1. The molecule has 0 saturated carbocycles. The first-order valence-electron chi connectivity index (χ1n) is 9.45. The van der Waals surface area contributed by atoms with Crippen LogP contribution in [-0.2, 0) is 4.79 Å². The number of rotatable bonds is 3. The van der Waals surface area contributed by atoms with E-state index in [1.807, 2.05) is 49.5 Å². The maximum atomic E-state index is 12.8. The van der Waals surface area contributed by atoms with Crippen molar-refractivity contribution >= 4 is 28.4 Å². The second-order valence-corrected chi connectivity index (χ2v) is 7.31.